The summed E-state index contributed by atoms with van der Waals surface area (Å²) in [6, 6.07) is 0.588. The number of nitrogens with zero attached hydrogens (tertiary/aromatic N) is 3. The van der Waals surface area contributed by atoms with E-state index in [0.29, 0.717) is 11.3 Å². The maximum absolute atomic E-state index is 4.19. The van der Waals surface area contributed by atoms with Gasteiger partial charge in [-0.3, -0.25) is 0 Å². The predicted molar refractivity (Wildman–Crippen MR) is 77.3 cm³/mol. The van der Waals surface area contributed by atoms with Crippen LogP contribution in [0.1, 0.15) is 27.2 Å². The second kappa shape index (κ2) is 7.18. The van der Waals surface area contributed by atoms with Gasteiger partial charge < -0.3 is 10.2 Å². The van der Waals surface area contributed by atoms with Crippen LogP contribution >= 0.6 is 23.1 Å². The first kappa shape index (κ1) is 14.7. The Balaban J connectivity index is 2.36. The molecule has 0 fully saturated rings. The Kier molecular flexibility index (Phi) is 6.22. The van der Waals surface area contributed by atoms with E-state index in [4.69, 9.17) is 0 Å². The molecule has 2 unspecified atom stereocenters. The molecule has 1 rings (SSSR count). The average molecular weight is 274 g/mol. The second-order valence-corrected chi connectivity index (χ2v) is 7.03. The SMILES string of the molecule is CCC(C)NCC(C)Sc1nnc(N(C)C)s1. The molecule has 0 saturated heterocycles. The number of hydrogen-bond donors (Lipinski definition) is 1. The van der Waals surface area contributed by atoms with E-state index in [9.17, 15) is 0 Å². The standard InChI is InChI=1S/C11H22N4S2/c1-6-8(2)12-7-9(3)16-11-14-13-10(17-11)15(4)5/h8-9,12H,6-7H2,1-5H3. The van der Waals surface area contributed by atoms with E-state index in [0.717, 1.165) is 16.0 Å². The highest BCUT2D eigenvalue weighted by Crippen LogP contribution is 2.29. The smallest absolute Gasteiger partial charge is 0.208 e. The number of hydrogen-bond acceptors (Lipinski definition) is 6. The minimum absolute atomic E-state index is 0.520. The van der Waals surface area contributed by atoms with Gasteiger partial charge in [0, 0.05) is 31.9 Å². The van der Waals surface area contributed by atoms with Crippen molar-refractivity contribution in [2.45, 2.75) is 42.8 Å². The quantitative estimate of drug-likeness (QED) is 0.774. The van der Waals surface area contributed by atoms with Crippen LogP contribution < -0.4 is 10.2 Å². The zero-order chi connectivity index (χ0) is 12.8. The fraction of sp³-hybridized carbons (Fsp3) is 0.818. The van der Waals surface area contributed by atoms with Gasteiger partial charge in [0.1, 0.15) is 0 Å². The lowest BCUT2D eigenvalue weighted by Crippen LogP contribution is -2.30. The third-order valence-corrected chi connectivity index (χ3v) is 4.72. The molecule has 0 radical (unpaired) electrons. The molecule has 0 bridgehead atoms. The summed E-state index contributed by atoms with van der Waals surface area (Å²) in [6.45, 7) is 7.64. The predicted octanol–water partition coefficient (Wildman–Crippen LogP) is 2.47. The first-order valence-electron chi connectivity index (χ1n) is 5.93. The Hall–Kier alpha value is -0.330. The van der Waals surface area contributed by atoms with Gasteiger partial charge in [-0.25, -0.2) is 0 Å². The molecule has 0 aliphatic rings. The van der Waals surface area contributed by atoms with Crippen molar-refractivity contribution in [1.82, 2.24) is 15.5 Å². The highest BCUT2D eigenvalue weighted by atomic mass is 32.2. The van der Waals surface area contributed by atoms with E-state index in [-0.39, 0.29) is 0 Å². The maximum atomic E-state index is 4.19. The normalized spacial score (nSPS) is 14.6. The second-order valence-electron chi connectivity index (χ2n) is 4.39. The monoisotopic (exact) mass is 274 g/mol. The molecule has 1 heterocycles. The summed E-state index contributed by atoms with van der Waals surface area (Å²) in [5.41, 5.74) is 0. The highest BCUT2D eigenvalue weighted by molar-refractivity contribution is 8.01. The van der Waals surface area contributed by atoms with Gasteiger partial charge in [-0.1, -0.05) is 36.9 Å². The molecular formula is C11H22N4S2. The Morgan fingerprint density at radius 2 is 2.06 bits per heavy atom. The Morgan fingerprint density at radius 1 is 1.35 bits per heavy atom. The van der Waals surface area contributed by atoms with Crippen molar-refractivity contribution < 1.29 is 0 Å². The molecular weight excluding hydrogens is 252 g/mol. The van der Waals surface area contributed by atoms with E-state index in [1.54, 1.807) is 23.1 Å². The molecule has 0 aromatic carbocycles. The van der Waals surface area contributed by atoms with Crippen molar-refractivity contribution in [1.29, 1.82) is 0 Å². The third kappa shape index (κ3) is 5.23. The lowest BCUT2D eigenvalue weighted by molar-refractivity contribution is 0.537. The van der Waals surface area contributed by atoms with Crippen molar-refractivity contribution in [3.63, 3.8) is 0 Å². The molecule has 98 valence electrons. The van der Waals surface area contributed by atoms with Gasteiger partial charge in [0.15, 0.2) is 4.34 Å². The molecule has 1 aromatic rings. The summed E-state index contributed by atoms with van der Waals surface area (Å²) < 4.78 is 1.05. The van der Waals surface area contributed by atoms with Gasteiger partial charge >= 0.3 is 0 Å². The summed E-state index contributed by atoms with van der Waals surface area (Å²) in [4.78, 5) is 1.99. The molecule has 4 nitrogen and oxygen atoms in total. The van der Waals surface area contributed by atoms with E-state index >= 15 is 0 Å². The van der Waals surface area contributed by atoms with Crippen LogP contribution in [0.3, 0.4) is 0 Å². The molecule has 0 aliphatic heterocycles. The Bertz CT molecular complexity index is 327. The van der Waals surface area contributed by atoms with Gasteiger partial charge in [-0.05, 0) is 13.3 Å². The molecule has 0 saturated carbocycles. The third-order valence-electron chi connectivity index (χ3n) is 2.45. The summed E-state index contributed by atoms with van der Waals surface area (Å²) >= 11 is 3.44. The van der Waals surface area contributed by atoms with Crippen LogP contribution in [-0.4, -0.2) is 42.1 Å². The lowest BCUT2D eigenvalue weighted by Gasteiger charge is -2.14. The summed E-state index contributed by atoms with van der Waals surface area (Å²) in [5, 5.41) is 13.3. The number of thioether (sulfide) groups is 1. The molecule has 0 spiro atoms. The van der Waals surface area contributed by atoms with E-state index < -0.39 is 0 Å². The maximum Gasteiger partial charge on any atom is 0.208 e. The van der Waals surface area contributed by atoms with Crippen LogP contribution in [0.2, 0.25) is 0 Å². The molecule has 2 atom stereocenters. The zero-order valence-corrected chi connectivity index (χ0v) is 12.9. The minimum atomic E-state index is 0.520. The molecule has 0 aliphatic carbocycles. The van der Waals surface area contributed by atoms with E-state index in [1.165, 1.54) is 6.42 Å². The molecule has 1 aromatic heterocycles. The zero-order valence-electron chi connectivity index (χ0n) is 11.2. The molecule has 17 heavy (non-hydrogen) atoms. The largest absolute Gasteiger partial charge is 0.353 e. The van der Waals surface area contributed by atoms with Crippen molar-refractivity contribution in [2.24, 2.45) is 0 Å². The molecule has 1 N–H and O–H groups in total. The van der Waals surface area contributed by atoms with Crippen LogP contribution in [-0.2, 0) is 0 Å². The van der Waals surface area contributed by atoms with E-state index in [2.05, 4.69) is 36.3 Å². The lowest BCUT2D eigenvalue weighted by atomic mass is 10.2. The van der Waals surface area contributed by atoms with Gasteiger partial charge in [-0.2, -0.15) is 0 Å². The van der Waals surface area contributed by atoms with Crippen LogP contribution in [0, 0.1) is 0 Å². The first-order valence-corrected chi connectivity index (χ1v) is 7.63. The molecule has 6 heteroatoms. The van der Waals surface area contributed by atoms with Crippen LogP contribution in [0.25, 0.3) is 0 Å². The topological polar surface area (TPSA) is 41.1 Å². The summed E-state index contributed by atoms with van der Waals surface area (Å²) in [7, 11) is 3.98. The van der Waals surface area contributed by atoms with Crippen molar-refractivity contribution in [2.75, 3.05) is 25.5 Å². The number of nitrogens with one attached hydrogen (secondary N) is 1. The van der Waals surface area contributed by atoms with Gasteiger partial charge in [-0.15, -0.1) is 10.2 Å². The van der Waals surface area contributed by atoms with Crippen molar-refractivity contribution in [3.05, 3.63) is 0 Å². The first-order chi connectivity index (χ1) is 8.02. The van der Waals surface area contributed by atoms with Crippen LogP contribution in [0.5, 0.6) is 0 Å². The van der Waals surface area contributed by atoms with Crippen molar-refractivity contribution >= 4 is 28.2 Å². The van der Waals surface area contributed by atoms with Gasteiger partial charge in [0.25, 0.3) is 0 Å². The van der Waals surface area contributed by atoms with Crippen LogP contribution in [0.4, 0.5) is 5.13 Å². The summed E-state index contributed by atoms with van der Waals surface area (Å²) in [6.07, 6.45) is 1.17. The molecule has 0 amide bonds. The fourth-order valence-corrected chi connectivity index (χ4v) is 3.18. The van der Waals surface area contributed by atoms with Gasteiger partial charge in [0.2, 0.25) is 5.13 Å². The average Bonchev–Trinajstić information content (AvgIpc) is 2.74. The van der Waals surface area contributed by atoms with Crippen molar-refractivity contribution in [3.8, 4) is 0 Å². The fourth-order valence-electron chi connectivity index (χ4n) is 1.16. The van der Waals surface area contributed by atoms with E-state index in [1.807, 2.05) is 19.0 Å². The minimum Gasteiger partial charge on any atom is -0.353 e. The Morgan fingerprint density at radius 3 is 2.59 bits per heavy atom. The Labute approximate surface area is 112 Å². The summed E-state index contributed by atoms with van der Waals surface area (Å²) in [5.74, 6) is 0. The van der Waals surface area contributed by atoms with Gasteiger partial charge in [0.05, 0.1) is 0 Å². The number of aromatic nitrogens is 2. The van der Waals surface area contributed by atoms with Crippen LogP contribution in [0.15, 0.2) is 4.34 Å². The number of anilines is 1. The highest BCUT2D eigenvalue weighted by Gasteiger charge is 2.11. The number of rotatable bonds is 7.